The van der Waals surface area contributed by atoms with Gasteiger partial charge in [-0.3, -0.25) is 9.10 Å². The molecule has 0 radical (unpaired) electrons. The van der Waals surface area contributed by atoms with Crippen molar-refractivity contribution in [2.24, 2.45) is 0 Å². The van der Waals surface area contributed by atoms with Crippen LogP contribution in [0, 0.1) is 5.82 Å². The number of carbonyl (C=O) groups is 2. The Kier molecular flexibility index (Phi) is 8.31. The average Bonchev–Trinajstić information content (AvgIpc) is 2.84. The molecule has 0 saturated carbocycles. The van der Waals surface area contributed by atoms with Crippen LogP contribution < -0.4 is 14.4 Å². The zero-order chi connectivity index (χ0) is 25.6. The molecule has 0 spiro atoms. The number of nitrogens with one attached hydrogen (secondary N) is 1. The summed E-state index contributed by atoms with van der Waals surface area (Å²) in [5.41, 5.74) is 0.323. The quantitative estimate of drug-likeness (QED) is 0.417. The molecule has 184 valence electrons. The number of carbonyl (C=O) groups excluding carboxylic acids is 2. The number of benzene rings is 3. The Balaban J connectivity index is 1.91. The summed E-state index contributed by atoms with van der Waals surface area (Å²) in [6.45, 7) is 1.59. The Morgan fingerprint density at radius 3 is 2.29 bits per heavy atom. The van der Waals surface area contributed by atoms with E-state index < -0.39 is 34.3 Å². The molecular formula is C24H22ClFN2O6S. The van der Waals surface area contributed by atoms with E-state index >= 15 is 0 Å². The van der Waals surface area contributed by atoms with Gasteiger partial charge in [-0.15, -0.1) is 0 Å². The van der Waals surface area contributed by atoms with E-state index in [2.05, 4.69) is 10.1 Å². The fraction of sp³-hybridized carbons (Fsp3) is 0.167. The van der Waals surface area contributed by atoms with Gasteiger partial charge in [-0.25, -0.2) is 17.6 Å². The highest BCUT2D eigenvalue weighted by Crippen LogP contribution is 2.26. The molecule has 0 fully saturated rings. The van der Waals surface area contributed by atoms with Gasteiger partial charge in [0.2, 0.25) is 5.91 Å². The molecule has 0 heterocycles. The molecule has 0 bridgehead atoms. The lowest BCUT2D eigenvalue weighted by molar-refractivity contribution is -0.114. The number of hydrogen-bond acceptors (Lipinski definition) is 6. The summed E-state index contributed by atoms with van der Waals surface area (Å²) in [4.78, 5) is 24.6. The molecule has 0 unspecified atom stereocenters. The van der Waals surface area contributed by atoms with Crippen molar-refractivity contribution in [3.05, 3.63) is 83.1 Å². The lowest BCUT2D eigenvalue weighted by atomic mass is 10.2. The van der Waals surface area contributed by atoms with Crippen molar-refractivity contribution < 1.29 is 31.9 Å². The largest absolute Gasteiger partial charge is 0.494 e. The molecule has 0 aliphatic rings. The van der Waals surface area contributed by atoms with Crippen molar-refractivity contribution in [1.82, 2.24) is 0 Å². The predicted molar refractivity (Wildman–Crippen MR) is 130 cm³/mol. The van der Waals surface area contributed by atoms with Gasteiger partial charge in [0.25, 0.3) is 10.0 Å². The molecule has 0 aliphatic heterocycles. The van der Waals surface area contributed by atoms with Crippen molar-refractivity contribution in [2.45, 2.75) is 11.8 Å². The van der Waals surface area contributed by atoms with E-state index in [0.29, 0.717) is 12.4 Å². The van der Waals surface area contributed by atoms with E-state index in [1.54, 1.807) is 6.92 Å². The monoisotopic (exact) mass is 520 g/mol. The second kappa shape index (κ2) is 11.2. The predicted octanol–water partition coefficient (Wildman–Crippen LogP) is 4.50. The van der Waals surface area contributed by atoms with Gasteiger partial charge in [-0.05, 0) is 73.7 Å². The number of hydrogen-bond donors (Lipinski definition) is 1. The van der Waals surface area contributed by atoms with E-state index in [0.717, 1.165) is 16.4 Å². The van der Waals surface area contributed by atoms with E-state index in [1.165, 1.54) is 61.7 Å². The first-order chi connectivity index (χ1) is 16.6. The number of ether oxygens (including phenoxy) is 2. The van der Waals surface area contributed by atoms with E-state index in [4.69, 9.17) is 16.3 Å². The Bertz CT molecular complexity index is 1310. The lowest BCUT2D eigenvalue weighted by Gasteiger charge is -2.24. The highest BCUT2D eigenvalue weighted by atomic mass is 35.5. The van der Waals surface area contributed by atoms with Crippen LogP contribution in [-0.4, -0.2) is 40.6 Å². The summed E-state index contributed by atoms with van der Waals surface area (Å²) >= 11 is 6.00. The number of methoxy groups -OCH3 is 1. The van der Waals surface area contributed by atoms with Crippen LogP contribution in [0.1, 0.15) is 17.3 Å². The van der Waals surface area contributed by atoms with Crippen molar-refractivity contribution >= 4 is 44.9 Å². The molecule has 0 saturated heterocycles. The topological polar surface area (TPSA) is 102 Å². The van der Waals surface area contributed by atoms with E-state index in [1.807, 2.05) is 0 Å². The Morgan fingerprint density at radius 2 is 1.69 bits per heavy atom. The Morgan fingerprint density at radius 1 is 1.03 bits per heavy atom. The van der Waals surface area contributed by atoms with Crippen LogP contribution in [0.4, 0.5) is 15.8 Å². The van der Waals surface area contributed by atoms with E-state index in [-0.39, 0.29) is 26.9 Å². The number of nitrogens with zero attached hydrogens (tertiary/aromatic N) is 1. The molecule has 3 aromatic rings. The summed E-state index contributed by atoms with van der Waals surface area (Å²) in [5, 5.41) is 2.67. The minimum Gasteiger partial charge on any atom is -0.494 e. The molecule has 8 nitrogen and oxygen atoms in total. The van der Waals surface area contributed by atoms with Gasteiger partial charge in [0.1, 0.15) is 18.1 Å². The third-order valence-corrected chi connectivity index (χ3v) is 6.90. The van der Waals surface area contributed by atoms with Gasteiger partial charge >= 0.3 is 5.97 Å². The van der Waals surface area contributed by atoms with Crippen LogP contribution in [0.25, 0.3) is 0 Å². The molecule has 35 heavy (non-hydrogen) atoms. The summed E-state index contributed by atoms with van der Waals surface area (Å²) in [6, 6.07) is 14.6. The van der Waals surface area contributed by atoms with Gasteiger partial charge in [0, 0.05) is 5.69 Å². The maximum absolute atomic E-state index is 13.5. The molecule has 1 N–H and O–H groups in total. The van der Waals surface area contributed by atoms with Gasteiger partial charge in [-0.2, -0.15) is 0 Å². The summed E-state index contributed by atoms with van der Waals surface area (Å²) in [5.74, 6) is -1.48. The molecule has 3 rings (SSSR count). The van der Waals surface area contributed by atoms with Gasteiger partial charge in [-0.1, -0.05) is 11.6 Å². The average molecular weight is 521 g/mol. The van der Waals surface area contributed by atoms with Crippen LogP contribution in [0.15, 0.2) is 71.6 Å². The number of sulfonamides is 1. The number of halogens is 2. The number of anilines is 2. The number of amides is 1. The van der Waals surface area contributed by atoms with Crippen molar-refractivity contribution in [1.29, 1.82) is 0 Å². The smallest absolute Gasteiger partial charge is 0.339 e. The number of esters is 1. The summed E-state index contributed by atoms with van der Waals surface area (Å²) in [6.07, 6.45) is 0. The Hall–Kier alpha value is -3.63. The van der Waals surface area contributed by atoms with Gasteiger partial charge < -0.3 is 14.8 Å². The standard InChI is InChI=1S/C24H22ClFN2O6S/c1-3-34-19-9-11-20(12-10-19)35(31,32)28(18-7-4-16(26)5-8-18)15-23(29)27-17-6-13-22(25)21(14-17)24(30)33-2/h4-14H,3,15H2,1-2H3,(H,27,29). The molecule has 1 amide bonds. The maximum Gasteiger partial charge on any atom is 0.339 e. The van der Waals surface area contributed by atoms with Crippen molar-refractivity contribution in [3.8, 4) is 5.75 Å². The first kappa shape index (κ1) is 26.0. The molecular weight excluding hydrogens is 499 g/mol. The number of rotatable bonds is 9. The highest BCUT2D eigenvalue weighted by Gasteiger charge is 2.27. The van der Waals surface area contributed by atoms with Crippen LogP contribution in [0.2, 0.25) is 5.02 Å². The zero-order valence-electron chi connectivity index (χ0n) is 18.8. The van der Waals surface area contributed by atoms with E-state index in [9.17, 15) is 22.4 Å². The minimum absolute atomic E-state index is 0.0318. The third kappa shape index (κ3) is 6.28. The van der Waals surface area contributed by atoms with Crippen LogP contribution in [0.3, 0.4) is 0 Å². The van der Waals surface area contributed by atoms with Crippen LogP contribution >= 0.6 is 11.6 Å². The summed E-state index contributed by atoms with van der Waals surface area (Å²) in [7, 11) is -3.03. The molecule has 0 atom stereocenters. The fourth-order valence-electron chi connectivity index (χ4n) is 3.12. The SMILES string of the molecule is CCOc1ccc(S(=O)(=O)N(CC(=O)Nc2ccc(Cl)c(C(=O)OC)c2)c2ccc(F)cc2)cc1. The molecule has 3 aromatic carbocycles. The fourth-order valence-corrected chi connectivity index (χ4v) is 4.74. The Labute approximate surface area is 207 Å². The molecule has 11 heteroatoms. The molecule has 0 aliphatic carbocycles. The van der Waals surface area contributed by atoms with Gasteiger partial charge in [0.15, 0.2) is 0 Å². The molecule has 0 aromatic heterocycles. The summed E-state index contributed by atoms with van der Waals surface area (Å²) < 4.78 is 51.2. The first-order valence-corrected chi connectivity index (χ1v) is 12.2. The zero-order valence-corrected chi connectivity index (χ0v) is 20.4. The normalized spacial score (nSPS) is 11.0. The third-order valence-electron chi connectivity index (χ3n) is 4.78. The highest BCUT2D eigenvalue weighted by molar-refractivity contribution is 7.92. The van der Waals surface area contributed by atoms with Crippen molar-refractivity contribution in [3.63, 3.8) is 0 Å². The first-order valence-electron chi connectivity index (χ1n) is 10.3. The maximum atomic E-state index is 13.5. The van der Waals surface area contributed by atoms with Crippen LogP contribution in [0.5, 0.6) is 5.75 Å². The minimum atomic E-state index is -4.22. The van der Waals surface area contributed by atoms with Crippen molar-refractivity contribution in [2.75, 3.05) is 29.9 Å². The second-order valence-corrected chi connectivity index (χ2v) is 9.40. The van der Waals surface area contributed by atoms with Crippen LogP contribution in [-0.2, 0) is 19.6 Å². The van der Waals surface area contributed by atoms with Gasteiger partial charge in [0.05, 0.1) is 34.9 Å². The second-order valence-electron chi connectivity index (χ2n) is 7.13. The lowest BCUT2D eigenvalue weighted by Crippen LogP contribution is -2.38.